The lowest BCUT2D eigenvalue weighted by atomic mass is 9.94. The van der Waals surface area contributed by atoms with Gasteiger partial charge in [0, 0.05) is 65.6 Å². The normalized spacial score (nSPS) is 11.6. The summed E-state index contributed by atoms with van der Waals surface area (Å²) in [5.74, 6) is 0.658. The summed E-state index contributed by atoms with van der Waals surface area (Å²) in [5, 5.41) is 4.72. The molecule has 0 radical (unpaired) electrons. The second kappa shape index (κ2) is 11.6. The third kappa shape index (κ3) is 4.63. The van der Waals surface area contributed by atoms with Crippen molar-refractivity contribution in [2.75, 3.05) is 0 Å². The number of para-hydroxylation sites is 1. The van der Waals surface area contributed by atoms with Crippen LogP contribution in [0.2, 0.25) is 0 Å². The molecule has 0 aliphatic carbocycles. The molecule has 234 valence electrons. The van der Waals surface area contributed by atoms with Gasteiger partial charge in [0.1, 0.15) is 11.2 Å². The van der Waals surface area contributed by atoms with E-state index in [9.17, 15) is 0 Å². The highest BCUT2D eigenvalue weighted by molar-refractivity contribution is 7.26. The number of hydrogen-bond donors (Lipinski definition) is 0. The third-order valence-corrected chi connectivity index (χ3v) is 10.7. The smallest absolute Gasteiger partial charge is 0.160 e. The Morgan fingerprint density at radius 1 is 0.460 bits per heavy atom. The molecule has 4 aromatic heterocycles. The topological polar surface area (TPSA) is 51.8 Å². The lowest BCUT2D eigenvalue weighted by Crippen LogP contribution is -1.97. The van der Waals surface area contributed by atoms with E-state index in [2.05, 4.69) is 120 Å². The number of nitrogens with zero attached hydrogens (tertiary/aromatic N) is 3. The van der Waals surface area contributed by atoms with E-state index in [1.807, 2.05) is 60.1 Å². The van der Waals surface area contributed by atoms with Crippen LogP contribution in [-0.4, -0.2) is 15.0 Å². The van der Waals surface area contributed by atoms with Crippen LogP contribution in [0.3, 0.4) is 0 Å². The van der Waals surface area contributed by atoms with Crippen molar-refractivity contribution in [3.8, 4) is 56.2 Å². The number of hydrogen-bond acceptors (Lipinski definition) is 5. The Labute approximate surface area is 292 Å². The van der Waals surface area contributed by atoms with Gasteiger partial charge in [0.15, 0.2) is 5.82 Å². The molecule has 0 aliphatic rings. The molecule has 0 atom stereocenters. The van der Waals surface area contributed by atoms with Crippen molar-refractivity contribution < 1.29 is 4.42 Å². The van der Waals surface area contributed by atoms with Crippen LogP contribution in [0.15, 0.2) is 168 Å². The average Bonchev–Trinajstić information content (AvgIpc) is 3.77. The van der Waals surface area contributed by atoms with Crippen molar-refractivity contribution in [3.63, 3.8) is 0 Å². The van der Waals surface area contributed by atoms with Crippen molar-refractivity contribution in [1.82, 2.24) is 15.0 Å². The molecular formula is C45H27N3OS. The lowest BCUT2D eigenvalue weighted by molar-refractivity contribution is 0.670. The third-order valence-electron chi connectivity index (χ3n) is 9.45. The SMILES string of the molecule is c1ccc(-c2nc(-c3ccccc3-c3ccncc3)cc(-c3ccc(-c4cccc5c4sc4ccccc45)c4c3oc3ccccc34)n2)cc1. The standard InChI is InChI=1S/C45H27N3OS/c1-2-11-29(12-3-1)45-47-38(31-14-5-4-13-30(31)28-23-25-46-26-24-28)27-39(48-45)36-22-21-33(42-37-16-6-8-19-40(37)49-43(36)42)35-18-10-17-34-32-15-7-9-20-41(32)50-44(34)35/h1-27H. The number of pyridine rings is 1. The highest BCUT2D eigenvalue weighted by Crippen LogP contribution is 2.46. The molecule has 0 amide bonds. The van der Waals surface area contributed by atoms with E-state index in [1.54, 1.807) is 0 Å². The average molecular weight is 658 g/mol. The number of furan rings is 1. The van der Waals surface area contributed by atoms with Crippen molar-refractivity contribution in [2.45, 2.75) is 0 Å². The first-order chi connectivity index (χ1) is 24.8. The van der Waals surface area contributed by atoms with E-state index >= 15 is 0 Å². The first-order valence-corrected chi connectivity index (χ1v) is 17.4. The van der Waals surface area contributed by atoms with Gasteiger partial charge in [-0.25, -0.2) is 9.97 Å². The minimum absolute atomic E-state index is 0.658. The zero-order valence-corrected chi connectivity index (χ0v) is 27.6. The summed E-state index contributed by atoms with van der Waals surface area (Å²) in [5.41, 5.74) is 10.7. The number of thiophene rings is 1. The summed E-state index contributed by atoms with van der Waals surface area (Å²) < 4.78 is 9.35. The van der Waals surface area contributed by atoms with Gasteiger partial charge >= 0.3 is 0 Å². The van der Waals surface area contributed by atoms with E-state index in [1.165, 1.54) is 25.7 Å². The largest absolute Gasteiger partial charge is 0.455 e. The van der Waals surface area contributed by atoms with Crippen LogP contribution in [-0.2, 0) is 0 Å². The van der Waals surface area contributed by atoms with E-state index < -0.39 is 0 Å². The molecule has 0 bridgehead atoms. The maximum atomic E-state index is 6.79. The molecule has 0 spiro atoms. The van der Waals surface area contributed by atoms with Gasteiger partial charge in [0.25, 0.3) is 0 Å². The van der Waals surface area contributed by atoms with Gasteiger partial charge < -0.3 is 4.42 Å². The fourth-order valence-corrected chi connectivity index (χ4v) is 8.37. The lowest BCUT2D eigenvalue weighted by Gasteiger charge is -2.14. The molecule has 0 saturated carbocycles. The minimum atomic E-state index is 0.658. The first-order valence-electron chi connectivity index (χ1n) is 16.6. The molecule has 5 heteroatoms. The number of rotatable bonds is 5. The Bertz CT molecular complexity index is 2870. The minimum Gasteiger partial charge on any atom is -0.455 e. The van der Waals surface area contributed by atoms with Crippen LogP contribution < -0.4 is 0 Å². The van der Waals surface area contributed by atoms with Gasteiger partial charge in [-0.3, -0.25) is 4.98 Å². The van der Waals surface area contributed by atoms with Gasteiger partial charge in [0.2, 0.25) is 0 Å². The predicted molar refractivity (Wildman–Crippen MR) is 207 cm³/mol. The number of benzene rings is 6. The Morgan fingerprint density at radius 2 is 1.12 bits per heavy atom. The number of aromatic nitrogens is 3. The van der Waals surface area contributed by atoms with E-state index in [0.29, 0.717) is 5.82 Å². The fraction of sp³-hybridized carbons (Fsp3) is 0. The van der Waals surface area contributed by atoms with E-state index in [4.69, 9.17) is 14.4 Å². The van der Waals surface area contributed by atoms with Crippen molar-refractivity contribution in [1.29, 1.82) is 0 Å². The van der Waals surface area contributed by atoms with Crippen LogP contribution in [0.1, 0.15) is 0 Å². The van der Waals surface area contributed by atoms with Gasteiger partial charge in [-0.1, -0.05) is 115 Å². The highest BCUT2D eigenvalue weighted by Gasteiger charge is 2.22. The molecule has 4 nitrogen and oxygen atoms in total. The molecule has 50 heavy (non-hydrogen) atoms. The van der Waals surface area contributed by atoms with Gasteiger partial charge in [-0.15, -0.1) is 11.3 Å². The second-order valence-electron chi connectivity index (χ2n) is 12.4. The summed E-state index contributed by atoms with van der Waals surface area (Å²) >= 11 is 1.84. The summed E-state index contributed by atoms with van der Waals surface area (Å²) in [4.78, 5) is 14.6. The zero-order chi connectivity index (χ0) is 33.0. The summed E-state index contributed by atoms with van der Waals surface area (Å²) in [6.07, 6.45) is 3.65. The molecule has 0 saturated heterocycles. The monoisotopic (exact) mass is 657 g/mol. The Balaban J connectivity index is 1.25. The molecular weight excluding hydrogens is 631 g/mol. The van der Waals surface area contributed by atoms with Crippen molar-refractivity contribution in [3.05, 3.63) is 164 Å². The quantitative estimate of drug-likeness (QED) is 0.185. The van der Waals surface area contributed by atoms with Gasteiger partial charge in [-0.05, 0) is 53.1 Å². The van der Waals surface area contributed by atoms with Crippen LogP contribution in [0.4, 0.5) is 0 Å². The summed E-state index contributed by atoms with van der Waals surface area (Å²) in [7, 11) is 0. The molecule has 0 fully saturated rings. The summed E-state index contributed by atoms with van der Waals surface area (Å²) in [6.45, 7) is 0. The van der Waals surface area contributed by atoms with Crippen molar-refractivity contribution in [2.24, 2.45) is 0 Å². The van der Waals surface area contributed by atoms with E-state index in [-0.39, 0.29) is 0 Å². The first kappa shape index (κ1) is 28.6. The molecule has 0 unspecified atom stereocenters. The van der Waals surface area contributed by atoms with Gasteiger partial charge in [-0.2, -0.15) is 0 Å². The number of fused-ring (bicyclic) bond motifs is 6. The Kier molecular flexibility index (Phi) is 6.64. The highest BCUT2D eigenvalue weighted by atomic mass is 32.1. The molecule has 6 aromatic carbocycles. The second-order valence-corrected chi connectivity index (χ2v) is 13.4. The van der Waals surface area contributed by atoms with E-state index in [0.717, 1.165) is 66.7 Å². The molecule has 10 rings (SSSR count). The van der Waals surface area contributed by atoms with Crippen LogP contribution in [0.25, 0.3) is 98.3 Å². The zero-order valence-electron chi connectivity index (χ0n) is 26.7. The summed E-state index contributed by atoms with van der Waals surface area (Å²) in [6, 6.07) is 52.8. The van der Waals surface area contributed by atoms with Crippen LogP contribution in [0, 0.1) is 0 Å². The predicted octanol–water partition coefficient (Wildman–Crippen LogP) is 12.5. The van der Waals surface area contributed by atoms with Crippen LogP contribution in [0.5, 0.6) is 0 Å². The molecule has 10 aromatic rings. The van der Waals surface area contributed by atoms with Gasteiger partial charge in [0.05, 0.1) is 11.4 Å². The molecule has 0 N–H and O–H groups in total. The Hall–Kier alpha value is -6.43. The van der Waals surface area contributed by atoms with Crippen molar-refractivity contribution >= 4 is 53.4 Å². The molecule has 4 heterocycles. The Morgan fingerprint density at radius 3 is 1.98 bits per heavy atom. The fourth-order valence-electron chi connectivity index (χ4n) is 7.14. The maximum Gasteiger partial charge on any atom is 0.160 e. The van der Waals surface area contributed by atoms with Crippen LogP contribution >= 0.6 is 11.3 Å². The molecule has 0 aliphatic heterocycles. The maximum absolute atomic E-state index is 6.79.